The maximum Gasteiger partial charge on any atom is 0.138 e. The van der Waals surface area contributed by atoms with Crippen LogP contribution in [0, 0.1) is 6.92 Å². The Kier molecular flexibility index (Phi) is 2.60. The van der Waals surface area contributed by atoms with Crippen molar-refractivity contribution in [3.8, 4) is 0 Å². The molecule has 0 aliphatic heterocycles. The van der Waals surface area contributed by atoms with E-state index in [2.05, 4.69) is 20.7 Å². The van der Waals surface area contributed by atoms with Gasteiger partial charge < -0.3 is 10.4 Å². The molecule has 2 N–H and O–H groups in total. The van der Waals surface area contributed by atoms with Gasteiger partial charge >= 0.3 is 0 Å². The summed E-state index contributed by atoms with van der Waals surface area (Å²) in [5, 5.41) is 14.9. The van der Waals surface area contributed by atoms with Gasteiger partial charge in [-0.05, 0) is 17.9 Å². The van der Waals surface area contributed by atoms with Crippen LogP contribution in [0.5, 0.6) is 0 Å². The number of aliphatic hydroxyl groups is 1. The van der Waals surface area contributed by atoms with Gasteiger partial charge in [0.1, 0.15) is 17.0 Å². The number of fused-ring (bicyclic) bond motifs is 1. The van der Waals surface area contributed by atoms with Crippen LogP contribution in [0.1, 0.15) is 5.56 Å². The summed E-state index contributed by atoms with van der Waals surface area (Å²) >= 11 is 1.61. The number of aromatic nitrogens is 2. The minimum absolute atomic E-state index is 0.106. The van der Waals surface area contributed by atoms with Crippen molar-refractivity contribution in [3.63, 3.8) is 0 Å². The first-order chi connectivity index (χ1) is 6.83. The summed E-state index contributed by atoms with van der Waals surface area (Å²) in [5.41, 5.74) is 1.17. The van der Waals surface area contributed by atoms with Crippen molar-refractivity contribution in [3.05, 3.63) is 17.3 Å². The SMILES string of the molecule is Cc1csc2ncnc(NCCO)c12. The lowest BCUT2D eigenvalue weighted by atomic mass is 10.2. The molecule has 2 heterocycles. The Morgan fingerprint density at radius 2 is 2.36 bits per heavy atom. The van der Waals surface area contributed by atoms with Crippen molar-refractivity contribution >= 4 is 27.4 Å². The largest absolute Gasteiger partial charge is 0.395 e. The maximum absolute atomic E-state index is 8.72. The number of nitrogens with one attached hydrogen (secondary N) is 1. The first-order valence-electron chi connectivity index (χ1n) is 4.36. The zero-order valence-corrected chi connectivity index (χ0v) is 8.64. The van der Waals surface area contributed by atoms with Crippen LogP contribution < -0.4 is 5.32 Å². The highest BCUT2D eigenvalue weighted by atomic mass is 32.1. The Hall–Kier alpha value is -1.20. The molecule has 0 aliphatic rings. The molecule has 0 saturated heterocycles. The van der Waals surface area contributed by atoms with Crippen molar-refractivity contribution in [2.45, 2.75) is 6.92 Å². The van der Waals surface area contributed by atoms with E-state index in [4.69, 9.17) is 5.11 Å². The number of hydrogen-bond donors (Lipinski definition) is 2. The number of anilines is 1. The first-order valence-corrected chi connectivity index (χ1v) is 5.24. The molecule has 74 valence electrons. The standard InChI is InChI=1S/C9H11N3OS/c1-6-4-14-9-7(6)8(10-2-3-13)11-5-12-9/h4-5,13H,2-3H2,1H3,(H,10,11,12). The van der Waals surface area contributed by atoms with E-state index >= 15 is 0 Å². The highest BCUT2D eigenvalue weighted by Gasteiger charge is 2.07. The molecule has 0 aliphatic carbocycles. The number of nitrogens with zero attached hydrogens (tertiary/aromatic N) is 2. The van der Waals surface area contributed by atoms with Gasteiger partial charge in [-0.25, -0.2) is 9.97 Å². The van der Waals surface area contributed by atoms with Crippen LogP contribution in [0.3, 0.4) is 0 Å². The van der Waals surface area contributed by atoms with Crippen LogP contribution in [0.25, 0.3) is 10.2 Å². The van der Waals surface area contributed by atoms with E-state index in [1.54, 1.807) is 11.3 Å². The van der Waals surface area contributed by atoms with Crippen molar-refractivity contribution in [1.82, 2.24) is 9.97 Å². The van der Waals surface area contributed by atoms with Gasteiger partial charge in [-0.15, -0.1) is 11.3 Å². The molecule has 0 fully saturated rings. The van der Waals surface area contributed by atoms with Crippen molar-refractivity contribution < 1.29 is 5.11 Å². The zero-order chi connectivity index (χ0) is 9.97. The number of rotatable bonds is 3. The number of thiophene rings is 1. The van der Waals surface area contributed by atoms with Crippen molar-refractivity contribution in [2.24, 2.45) is 0 Å². The molecule has 14 heavy (non-hydrogen) atoms. The fraction of sp³-hybridized carbons (Fsp3) is 0.333. The molecule has 0 spiro atoms. The van der Waals surface area contributed by atoms with Crippen LogP contribution >= 0.6 is 11.3 Å². The monoisotopic (exact) mass is 209 g/mol. The summed E-state index contributed by atoms with van der Waals surface area (Å²) in [6.45, 7) is 2.66. The molecule has 0 saturated carbocycles. The molecule has 0 radical (unpaired) electrons. The van der Waals surface area contributed by atoms with Gasteiger partial charge in [0.05, 0.1) is 12.0 Å². The summed E-state index contributed by atoms with van der Waals surface area (Å²) in [6.07, 6.45) is 1.54. The Morgan fingerprint density at radius 1 is 1.50 bits per heavy atom. The molecular formula is C9H11N3OS. The van der Waals surface area contributed by atoms with Crippen LogP contribution in [0.4, 0.5) is 5.82 Å². The Morgan fingerprint density at radius 3 is 3.14 bits per heavy atom. The molecule has 5 heteroatoms. The highest BCUT2D eigenvalue weighted by molar-refractivity contribution is 7.17. The van der Waals surface area contributed by atoms with E-state index in [-0.39, 0.29) is 6.61 Å². The Bertz CT molecular complexity index is 441. The zero-order valence-electron chi connectivity index (χ0n) is 7.82. The summed E-state index contributed by atoms with van der Waals surface area (Å²) in [4.78, 5) is 9.31. The lowest BCUT2D eigenvalue weighted by Gasteiger charge is -2.04. The molecule has 2 aromatic heterocycles. The molecule has 4 nitrogen and oxygen atoms in total. The summed E-state index contributed by atoms with van der Waals surface area (Å²) < 4.78 is 0. The third kappa shape index (κ3) is 1.56. The van der Waals surface area contributed by atoms with Gasteiger partial charge in [0, 0.05) is 6.54 Å². The fourth-order valence-corrected chi connectivity index (χ4v) is 2.22. The Balaban J connectivity index is 2.46. The van der Waals surface area contributed by atoms with Gasteiger partial charge in [0.2, 0.25) is 0 Å². The molecule has 0 atom stereocenters. The second-order valence-corrected chi connectivity index (χ2v) is 3.83. The highest BCUT2D eigenvalue weighted by Crippen LogP contribution is 2.27. The first kappa shape index (κ1) is 9.36. The lowest BCUT2D eigenvalue weighted by molar-refractivity contribution is 0.311. The van der Waals surface area contributed by atoms with E-state index < -0.39 is 0 Å². The van der Waals surface area contributed by atoms with Crippen LogP contribution in [-0.4, -0.2) is 28.2 Å². The predicted molar refractivity (Wildman–Crippen MR) is 57.7 cm³/mol. The van der Waals surface area contributed by atoms with E-state index in [1.807, 2.05) is 6.92 Å². The molecule has 0 aromatic carbocycles. The number of aliphatic hydroxyl groups excluding tert-OH is 1. The Labute approximate surface area is 85.6 Å². The topological polar surface area (TPSA) is 58.0 Å². The van der Waals surface area contributed by atoms with Crippen LogP contribution in [0.2, 0.25) is 0 Å². The fourth-order valence-electron chi connectivity index (χ4n) is 1.33. The minimum atomic E-state index is 0.106. The normalized spacial score (nSPS) is 10.7. The van der Waals surface area contributed by atoms with Gasteiger partial charge in [-0.3, -0.25) is 0 Å². The van der Waals surface area contributed by atoms with Gasteiger partial charge in [-0.2, -0.15) is 0 Å². The average Bonchev–Trinajstić information content (AvgIpc) is 2.58. The molecule has 2 rings (SSSR count). The molecule has 2 aromatic rings. The van der Waals surface area contributed by atoms with E-state index in [0.717, 1.165) is 16.0 Å². The third-order valence-electron chi connectivity index (χ3n) is 1.96. The number of hydrogen-bond acceptors (Lipinski definition) is 5. The van der Waals surface area contributed by atoms with Crippen LogP contribution in [0.15, 0.2) is 11.7 Å². The van der Waals surface area contributed by atoms with E-state index in [1.165, 1.54) is 11.9 Å². The molecule has 0 bridgehead atoms. The summed E-state index contributed by atoms with van der Waals surface area (Å²) in [5.74, 6) is 0.808. The van der Waals surface area contributed by atoms with Crippen LogP contribution in [-0.2, 0) is 0 Å². The summed E-state index contributed by atoms with van der Waals surface area (Å²) in [7, 11) is 0. The second kappa shape index (κ2) is 3.89. The quantitative estimate of drug-likeness (QED) is 0.802. The molecule has 0 unspecified atom stereocenters. The van der Waals surface area contributed by atoms with Gasteiger partial charge in [0.15, 0.2) is 0 Å². The smallest absolute Gasteiger partial charge is 0.138 e. The molecule has 0 amide bonds. The molecular weight excluding hydrogens is 198 g/mol. The minimum Gasteiger partial charge on any atom is -0.395 e. The van der Waals surface area contributed by atoms with Crippen molar-refractivity contribution in [1.29, 1.82) is 0 Å². The third-order valence-corrected chi connectivity index (χ3v) is 2.96. The van der Waals surface area contributed by atoms with Crippen molar-refractivity contribution in [2.75, 3.05) is 18.5 Å². The summed E-state index contributed by atoms with van der Waals surface area (Å²) in [6, 6.07) is 0. The average molecular weight is 209 g/mol. The van der Waals surface area contributed by atoms with Gasteiger partial charge in [0.25, 0.3) is 0 Å². The predicted octanol–water partition coefficient (Wildman–Crippen LogP) is 1.40. The maximum atomic E-state index is 8.72. The number of aryl methyl sites for hydroxylation is 1. The van der Waals surface area contributed by atoms with E-state index in [9.17, 15) is 0 Å². The second-order valence-electron chi connectivity index (χ2n) is 2.97. The van der Waals surface area contributed by atoms with Gasteiger partial charge in [-0.1, -0.05) is 0 Å². The van der Waals surface area contributed by atoms with E-state index in [0.29, 0.717) is 6.54 Å². The lowest BCUT2D eigenvalue weighted by Crippen LogP contribution is -2.07.